The van der Waals surface area contributed by atoms with Gasteiger partial charge in [0.2, 0.25) is 17.5 Å². The third kappa shape index (κ3) is 5.33. The predicted octanol–water partition coefficient (Wildman–Crippen LogP) is 5.87. The largest absolute Gasteiger partial charge is 0.443 e. The summed E-state index contributed by atoms with van der Waals surface area (Å²) in [6.07, 6.45) is -1.19. The maximum absolute atomic E-state index is 15.1. The van der Waals surface area contributed by atoms with E-state index in [1.165, 1.54) is 6.92 Å². The van der Waals surface area contributed by atoms with Gasteiger partial charge >= 0.3 is 6.18 Å². The molecule has 0 aromatic rings. The first kappa shape index (κ1) is 36.8. The van der Waals surface area contributed by atoms with Crippen LogP contribution in [-0.2, 0) is 52.8 Å². The van der Waals surface area contributed by atoms with Crippen molar-refractivity contribution in [1.82, 2.24) is 5.32 Å². The van der Waals surface area contributed by atoms with Gasteiger partial charge < -0.3 is 33.7 Å². The van der Waals surface area contributed by atoms with E-state index in [4.69, 9.17) is 48.0 Å². The van der Waals surface area contributed by atoms with Gasteiger partial charge in [-0.25, -0.2) is 19.6 Å². The molecule has 8 aliphatic heterocycles. The monoisotopic (exact) mass is 733 g/mol. The molecule has 16 atom stereocenters. The van der Waals surface area contributed by atoms with Crippen LogP contribution in [0.3, 0.4) is 0 Å². The lowest BCUT2D eigenvalue weighted by Gasteiger charge is -2.62. The van der Waals surface area contributed by atoms with Crippen molar-refractivity contribution in [2.45, 2.75) is 153 Å². The van der Waals surface area contributed by atoms with E-state index in [1.54, 1.807) is 13.8 Å². The van der Waals surface area contributed by atoms with Crippen LogP contribution in [0.25, 0.3) is 0 Å². The minimum Gasteiger partial charge on any atom is -0.352 e. The summed E-state index contributed by atoms with van der Waals surface area (Å²) in [6, 6.07) is 0. The summed E-state index contributed by atoms with van der Waals surface area (Å²) in [7, 11) is 0. The average molecular weight is 734 g/mol. The van der Waals surface area contributed by atoms with Gasteiger partial charge in [0.1, 0.15) is 6.61 Å². The Hall–Kier alpha value is -1.14. The van der Waals surface area contributed by atoms with Gasteiger partial charge in [-0.15, -0.1) is 0 Å². The Balaban J connectivity index is 0.922. The molecule has 2 saturated carbocycles. The molecule has 15 heteroatoms. The molecule has 4 bridgehead atoms. The highest BCUT2D eigenvalue weighted by molar-refractivity contribution is 5.77. The normalized spacial score (nSPS) is 54.5. The van der Waals surface area contributed by atoms with E-state index in [-0.39, 0.29) is 42.7 Å². The van der Waals surface area contributed by atoms with Crippen LogP contribution in [0.2, 0.25) is 0 Å². The molecule has 2 aliphatic carbocycles. The Bertz CT molecular complexity index is 1380. The standard InChI is InChI=1S/C36H54F3NO11/c1-19-8-10-25-21(3)32(7,46-28-33(25)23(19)12-14-30(5,44-28)48-50-33)43-18-27(41)40-16-17-42-35(36(37,38)39)22(4)26-11-9-20(2)24-13-15-31(6)45-29(47-35)34(24,26)51-49-31/h19-26,28-29H,8-18H2,1-7H3,(H,40,41)/t19-,20-,21-,22-,23+,24+,25+,26+,28+,29+,30-,31+,32+,33-,34-,35-/m1/s1. The molecular weight excluding hydrogens is 679 g/mol. The molecule has 10 rings (SSSR count). The summed E-state index contributed by atoms with van der Waals surface area (Å²) in [5, 5.41) is 2.65. The zero-order valence-corrected chi connectivity index (χ0v) is 30.7. The third-order valence-corrected chi connectivity index (χ3v) is 14.4. The van der Waals surface area contributed by atoms with Crippen molar-refractivity contribution in [3.05, 3.63) is 0 Å². The van der Waals surface area contributed by atoms with Crippen molar-refractivity contribution in [3.8, 4) is 0 Å². The maximum atomic E-state index is 15.1. The number of rotatable bonds is 7. The van der Waals surface area contributed by atoms with Gasteiger partial charge in [0, 0.05) is 43.1 Å². The van der Waals surface area contributed by atoms with Crippen LogP contribution in [0.5, 0.6) is 0 Å². The van der Waals surface area contributed by atoms with Crippen LogP contribution in [-0.4, -0.2) is 78.8 Å². The summed E-state index contributed by atoms with van der Waals surface area (Å²) in [4.78, 5) is 36.9. The first-order chi connectivity index (χ1) is 23.9. The van der Waals surface area contributed by atoms with Crippen molar-refractivity contribution in [2.24, 2.45) is 47.3 Å². The van der Waals surface area contributed by atoms with Gasteiger partial charge in [-0.1, -0.05) is 27.7 Å². The number of hydrogen-bond acceptors (Lipinski definition) is 11. The number of fused-ring (bicyclic) bond motifs is 4. The van der Waals surface area contributed by atoms with E-state index in [1.807, 2.05) is 13.8 Å². The minimum absolute atomic E-state index is 0.00778. The number of nitrogens with one attached hydrogen (secondary N) is 1. The highest BCUT2D eigenvalue weighted by Crippen LogP contribution is 2.65. The van der Waals surface area contributed by atoms with Gasteiger partial charge in [-0.05, 0) is 83.0 Å². The molecule has 290 valence electrons. The van der Waals surface area contributed by atoms with Crippen molar-refractivity contribution in [2.75, 3.05) is 19.8 Å². The zero-order valence-electron chi connectivity index (χ0n) is 30.7. The number of halogens is 3. The second kappa shape index (κ2) is 12.2. The van der Waals surface area contributed by atoms with Crippen molar-refractivity contribution >= 4 is 5.91 Å². The second-order valence-corrected chi connectivity index (χ2v) is 17.3. The van der Waals surface area contributed by atoms with E-state index >= 15 is 13.2 Å². The molecule has 10 aliphatic rings. The van der Waals surface area contributed by atoms with Crippen molar-refractivity contribution in [3.63, 3.8) is 0 Å². The van der Waals surface area contributed by atoms with E-state index in [9.17, 15) is 4.79 Å². The summed E-state index contributed by atoms with van der Waals surface area (Å²) in [5.41, 5.74) is -1.96. The summed E-state index contributed by atoms with van der Waals surface area (Å²) < 4.78 is 82.4. The fourth-order valence-corrected chi connectivity index (χ4v) is 11.4. The van der Waals surface area contributed by atoms with Gasteiger partial charge in [-0.2, -0.15) is 13.2 Å². The van der Waals surface area contributed by atoms with Crippen LogP contribution in [0.15, 0.2) is 0 Å². The third-order valence-electron chi connectivity index (χ3n) is 14.4. The topological polar surface area (TPSA) is 121 Å². The second-order valence-electron chi connectivity index (χ2n) is 17.3. The molecule has 0 aromatic carbocycles. The van der Waals surface area contributed by atoms with E-state index in [0.717, 1.165) is 25.7 Å². The Morgan fingerprint density at radius 2 is 1.22 bits per heavy atom. The fraction of sp³-hybridized carbons (Fsp3) is 0.972. The van der Waals surface area contributed by atoms with Crippen LogP contribution in [0.1, 0.15) is 99.8 Å². The van der Waals surface area contributed by atoms with E-state index < -0.39 is 77.5 Å². The molecule has 0 radical (unpaired) electrons. The molecule has 51 heavy (non-hydrogen) atoms. The molecule has 0 aromatic heterocycles. The molecule has 0 unspecified atom stereocenters. The summed E-state index contributed by atoms with van der Waals surface area (Å²) in [5.74, 6) is -8.16. The molecule has 1 amide bonds. The Morgan fingerprint density at radius 1 is 0.686 bits per heavy atom. The molecule has 8 heterocycles. The molecule has 8 saturated heterocycles. The van der Waals surface area contributed by atoms with E-state index in [2.05, 4.69) is 19.2 Å². The number of alkyl halides is 3. The van der Waals surface area contributed by atoms with Gasteiger partial charge in [0.25, 0.3) is 5.79 Å². The van der Waals surface area contributed by atoms with E-state index in [0.29, 0.717) is 31.6 Å². The molecule has 2 spiro atoms. The number of amides is 1. The van der Waals surface area contributed by atoms with Gasteiger partial charge in [-0.3, -0.25) is 4.79 Å². The van der Waals surface area contributed by atoms with Crippen molar-refractivity contribution < 1.29 is 65.9 Å². The van der Waals surface area contributed by atoms with Crippen LogP contribution in [0.4, 0.5) is 13.2 Å². The van der Waals surface area contributed by atoms with Crippen LogP contribution < -0.4 is 5.32 Å². The van der Waals surface area contributed by atoms with Gasteiger partial charge in [0.15, 0.2) is 29.6 Å². The Morgan fingerprint density at radius 3 is 1.76 bits per heavy atom. The van der Waals surface area contributed by atoms with Crippen molar-refractivity contribution in [1.29, 1.82) is 0 Å². The molecule has 12 nitrogen and oxygen atoms in total. The number of hydrogen-bond donors (Lipinski definition) is 1. The number of carbonyl (C=O) groups is 1. The number of ether oxygens (including phenoxy) is 6. The smallest absolute Gasteiger partial charge is 0.352 e. The highest BCUT2D eigenvalue weighted by atomic mass is 19.4. The first-order valence-corrected chi connectivity index (χ1v) is 19.0. The summed E-state index contributed by atoms with van der Waals surface area (Å²) in [6.45, 7) is 12.1. The molecule has 1 N–H and O–H groups in total. The SMILES string of the molecule is C[C@@H]1CC[C@H]2[C@@H](C)[C@@](C)(OCC(=O)NCCO[C@@]3(C(F)(F)F)O[C@@H]4O[C@]5(C)CC[C@H]6[C@H](C)CC[C@@H]([C@H]3C)[C@@]46OO5)O[C@@H]3O[C@@]4(C)CC[C@@H]1[C@]32OO4. The lowest BCUT2D eigenvalue weighted by atomic mass is 9.57. The quantitative estimate of drug-likeness (QED) is 0.250. The Labute approximate surface area is 297 Å². The lowest BCUT2D eigenvalue weighted by Crippen LogP contribution is -2.76. The van der Waals surface area contributed by atoms with Crippen LogP contribution in [0, 0.1) is 47.3 Å². The van der Waals surface area contributed by atoms with Gasteiger partial charge in [0.05, 0.1) is 6.61 Å². The average Bonchev–Trinajstić information content (AvgIpc) is 3.44. The fourth-order valence-electron chi connectivity index (χ4n) is 11.4. The minimum atomic E-state index is -4.90. The molecular formula is C36H54F3NO11. The maximum Gasteiger partial charge on any atom is 0.443 e. The lowest BCUT2D eigenvalue weighted by molar-refractivity contribution is -0.598. The Kier molecular flexibility index (Phi) is 8.79. The van der Waals surface area contributed by atoms with Crippen LogP contribution >= 0.6 is 0 Å². The predicted molar refractivity (Wildman–Crippen MR) is 168 cm³/mol. The number of carbonyl (C=O) groups excluding carboxylic acids is 1. The molecule has 10 fully saturated rings. The highest BCUT2D eigenvalue weighted by Gasteiger charge is 2.77. The summed E-state index contributed by atoms with van der Waals surface area (Å²) >= 11 is 0. The first-order valence-electron chi connectivity index (χ1n) is 19.0. The zero-order chi connectivity index (χ0) is 36.4.